The Morgan fingerprint density at radius 1 is 1.18 bits per heavy atom. The van der Waals surface area contributed by atoms with Gasteiger partial charge in [0.1, 0.15) is 5.75 Å². The van der Waals surface area contributed by atoms with Gasteiger partial charge < -0.3 is 9.64 Å². The zero-order valence-corrected chi connectivity index (χ0v) is 16.2. The number of benzene rings is 2. The first kappa shape index (κ1) is 19.9. The number of hydrogen-bond acceptors (Lipinski definition) is 4. The molecule has 0 atom stereocenters. The molecule has 1 fully saturated rings. The average molecular weight is 382 g/mol. The van der Waals surface area contributed by atoms with Gasteiger partial charge in [0.2, 0.25) is 0 Å². The van der Waals surface area contributed by atoms with Crippen LogP contribution in [0.5, 0.6) is 5.75 Å². The zero-order valence-electron chi connectivity index (χ0n) is 16.2. The number of rotatable bonds is 7. The molecule has 1 aliphatic heterocycles. The van der Waals surface area contributed by atoms with E-state index in [1.807, 2.05) is 24.0 Å². The van der Waals surface area contributed by atoms with Gasteiger partial charge in [-0.25, -0.2) is 0 Å². The Balaban J connectivity index is 1.48. The summed E-state index contributed by atoms with van der Waals surface area (Å²) in [5, 5.41) is 10.9. The molecule has 2 aromatic carbocycles. The number of hydrogen-bond donors (Lipinski definition) is 0. The zero-order chi connectivity index (χ0) is 19.9. The number of amides is 1. The van der Waals surface area contributed by atoms with Crippen LogP contribution >= 0.6 is 0 Å². The molecule has 0 N–H and O–H groups in total. The van der Waals surface area contributed by atoms with E-state index in [2.05, 4.69) is 12.1 Å². The van der Waals surface area contributed by atoms with Gasteiger partial charge in [-0.1, -0.05) is 18.2 Å². The van der Waals surface area contributed by atoms with Crippen LogP contribution in [0.4, 0.5) is 5.69 Å². The van der Waals surface area contributed by atoms with E-state index in [4.69, 9.17) is 4.74 Å². The molecular weight excluding hydrogens is 356 g/mol. The van der Waals surface area contributed by atoms with Gasteiger partial charge in [-0.05, 0) is 62.3 Å². The van der Waals surface area contributed by atoms with Crippen LogP contribution in [0.1, 0.15) is 42.1 Å². The van der Waals surface area contributed by atoms with E-state index in [0.29, 0.717) is 31.2 Å². The van der Waals surface area contributed by atoms with Crippen molar-refractivity contribution < 1.29 is 14.5 Å². The van der Waals surface area contributed by atoms with Crippen molar-refractivity contribution in [3.05, 3.63) is 69.8 Å². The molecule has 0 spiro atoms. The lowest BCUT2D eigenvalue weighted by Crippen LogP contribution is -2.38. The van der Waals surface area contributed by atoms with E-state index < -0.39 is 4.92 Å². The Labute approximate surface area is 165 Å². The molecule has 0 bridgehead atoms. The fraction of sp³-hybridized carbons (Fsp3) is 0.409. The van der Waals surface area contributed by atoms with Crippen LogP contribution in [0.2, 0.25) is 0 Å². The molecule has 1 heterocycles. The van der Waals surface area contributed by atoms with Crippen molar-refractivity contribution in [1.82, 2.24) is 4.90 Å². The molecule has 0 saturated carbocycles. The molecular formula is C22H26N2O4. The molecule has 0 radical (unpaired) electrons. The Bertz CT molecular complexity index is 812. The maximum absolute atomic E-state index is 12.6. The van der Waals surface area contributed by atoms with Gasteiger partial charge in [-0.2, -0.15) is 0 Å². The molecule has 3 rings (SSSR count). The van der Waals surface area contributed by atoms with Crippen molar-refractivity contribution in [2.45, 2.75) is 32.6 Å². The number of nitro groups is 1. The van der Waals surface area contributed by atoms with Gasteiger partial charge >= 0.3 is 0 Å². The molecule has 0 unspecified atom stereocenters. The highest BCUT2D eigenvalue weighted by Gasteiger charge is 2.24. The van der Waals surface area contributed by atoms with Crippen molar-refractivity contribution in [3.8, 4) is 5.75 Å². The standard InChI is InChI=1S/C22H26N2O4/c1-2-28-21-10-8-17(9-11-21)6-7-18-12-14-23(15-13-18)22(25)19-4-3-5-20(16-19)24(26)27/h3-5,8-11,16,18H,2,6-7,12-15H2,1H3. The minimum absolute atomic E-state index is 0.0453. The van der Waals surface area contributed by atoms with Gasteiger partial charge in [0, 0.05) is 30.8 Å². The molecule has 6 nitrogen and oxygen atoms in total. The highest BCUT2D eigenvalue weighted by molar-refractivity contribution is 5.94. The summed E-state index contributed by atoms with van der Waals surface area (Å²) in [5.41, 5.74) is 1.65. The Hall–Kier alpha value is -2.89. The fourth-order valence-electron chi connectivity index (χ4n) is 3.65. The second kappa shape index (κ2) is 9.35. The lowest BCUT2D eigenvalue weighted by molar-refractivity contribution is -0.384. The van der Waals surface area contributed by atoms with E-state index >= 15 is 0 Å². The summed E-state index contributed by atoms with van der Waals surface area (Å²) in [6, 6.07) is 14.2. The summed E-state index contributed by atoms with van der Waals surface area (Å²) in [6.45, 7) is 4.06. The van der Waals surface area contributed by atoms with Crippen molar-refractivity contribution in [3.63, 3.8) is 0 Å². The van der Waals surface area contributed by atoms with Crippen LogP contribution in [-0.2, 0) is 6.42 Å². The largest absolute Gasteiger partial charge is 0.494 e. The summed E-state index contributed by atoms with van der Waals surface area (Å²) in [7, 11) is 0. The summed E-state index contributed by atoms with van der Waals surface area (Å²) >= 11 is 0. The minimum atomic E-state index is -0.468. The van der Waals surface area contributed by atoms with Gasteiger partial charge in [0.05, 0.1) is 11.5 Å². The third kappa shape index (κ3) is 5.09. The number of nitrogens with zero attached hydrogens (tertiary/aromatic N) is 2. The normalized spacial score (nSPS) is 14.7. The summed E-state index contributed by atoms with van der Waals surface area (Å²) in [6.07, 6.45) is 4.07. The molecule has 0 aliphatic carbocycles. The monoisotopic (exact) mass is 382 g/mol. The summed E-state index contributed by atoms with van der Waals surface area (Å²) in [4.78, 5) is 24.9. The Morgan fingerprint density at radius 3 is 2.54 bits per heavy atom. The van der Waals surface area contributed by atoms with Crippen LogP contribution in [0.3, 0.4) is 0 Å². The number of carbonyl (C=O) groups is 1. The van der Waals surface area contributed by atoms with Gasteiger partial charge in [-0.15, -0.1) is 0 Å². The van der Waals surface area contributed by atoms with Crippen molar-refractivity contribution in [1.29, 1.82) is 0 Å². The lowest BCUT2D eigenvalue weighted by atomic mass is 9.90. The number of piperidine rings is 1. The SMILES string of the molecule is CCOc1ccc(CCC2CCN(C(=O)c3cccc([N+](=O)[O-])c3)CC2)cc1. The van der Waals surface area contributed by atoms with Crippen molar-refractivity contribution >= 4 is 11.6 Å². The van der Waals surface area contributed by atoms with Crippen LogP contribution < -0.4 is 4.74 Å². The van der Waals surface area contributed by atoms with Crippen molar-refractivity contribution in [2.75, 3.05) is 19.7 Å². The van der Waals surface area contributed by atoms with Crippen molar-refractivity contribution in [2.24, 2.45) is 5.92 Å². The predicted molar refractivity (Wildman–Crippen MR) is 108 cm³/mol. The smallest absolute Gasteiger partial charge is 0.270 e. The molecule has 1 saturated heterocycles. The predicted octanol–water partition coefficient (Wildman–Crippen LogP) is 4.48. The van der Waals surface area contributed by atoms with E-state index in [-0.39, 0.29) is 11.6 Å². The molecule has 6 heteroatoms. The van der Waals surface area contributed by atoms with Gasteiger partial charge in [-0.3, -0.25) is 14.9 Å². The second-order valence-corrected chi connectivity index (χ2v) is 7.16. The number of nitro benzene ring substituents is 1. The number of non-ortho nitro benzene ring substituents is 1. The quantitative estimate of drug-likeness (QED) is 0.523. The average Bonchev–Trinajstić information content (AvgIpc) is 2.73. The van der Waals surface area contributed by atoms with E-state index in [9.17, 15) is 14.9 Å². The first-order chi connectivity index (χ1) is 13.6. The van der Waals surface area contributed by atoms with Crippen LogP contribution in [-0.4, -0.2) is 35.4 Å². The number of aryl methyl sites for hydroxylation is 1. The minimum Gasteiger partial charge on any atom is -0.494 e. The molecule has 148 valence electrons. The number of likely N-dealkylation sites (tertiary alicyclic amines) is 1. The van der Waals surface area contributed by atoms with Crippen LogP contribution in [0.15, 0.2) is 48.5 Å². The van der Waals surface area contributed by atoms with Gasteiger partial charge in [0.15, 0.2) is 0 Å². The summed E-state index contributed by atoms with van der Waals surface area (Å²) in [5.74, 6) is 1.38. The number of carbonyl (C=O) groups excluding carboxylic acids is 1. The van der Waals surface area contributed by atoms with Gasteiger partial charge in [0.25, 0.3) is 11.6 Å². The lowest BCUT2D eigenvalue weighted by Gasteiger charge is -2.32. The molecule has 2 aromatic rings. The van der Waals surface area contributed by atoms with Crippen LogP contribution in [0.25, 0.3) is 0 Å². The third-order valence-corrected chi connectivity index (χ3v) is 5.28. The maximum Gasteiger partial charge on any atom is 0.270 e. The third-order valence-electron chi connectivity index (χ3n) is 5.28. The first-order valence-corrected chi connectivity index (χ1v) is 9.82. The fourth-order valence-corrected chi connectivity index (χ4v) is 3.65. The summed E-state index contributed by atoms with van der Waals surface area (Å²) < 4.78 is 5.47. The highest BCUT2D eigenvalue weighted by atomic mass is 16.6. The molecule has 0 aromatic heterocycles. The van der Waals surface area contributed by atoms with E-state index in [0.717, 1.165) is 31.4 Å². The second-order valence-electron chi connectivity index (χ2n) is 7.16. The first-order valence-electron chi connectivity index (χ1n) is 9.82. The van der Waals surface area contributed by atoms with E-state index in [1.54, 1.807) is 12.1 Å². The Kier molecular flexibility index (Phi) is 6.63. The Morgan fingerprint density at radius 2 is 1.89 bits per heavy atom. The number of ether oxygens (including phenoxy) is 1. The van der Waals surface area contributed by atoms with E-state index in [1.165, 1.54) is 17.7 Å². The molecule has 1 amide bonds. The topological polar surface area (TPSA) is 72.7 Å². The van der Waals surface area contributed by atoms with Crippen LogP contribution in [0, 0.1) is 16.0 Å². The molecule has 28 heavy (non-hydrogen) atoms. The molecule has 1 aliphatic rings. The highest BCUT2D eigenvalue weighted by Crippen LogP contribution is 2.25. The maximum atomic E-state index is 12.6.